The molecule has 1 N–H and O–H groups in total. The number of aromatic nitrogens is 2. The first-order valence-corrected chi connectivity index (χ1v) is 7.55. The van der Waals surface area contributed by atoms with E-state index in [1.165, 1.54) is 0 Å². The fraction of sp³-hybridized carbons (Fsp3) is 0.333. The first-order valence-electron chi connectivity index (χ1n) is 6.76. The second-order valence-electron chi connectivity index (χ2n) is 5.01. The summed E-state index contributed by atoms with van der Waals surface area (Å²) in [6, 6.07) is 9.69. The summed E-state index contributed by atoms with van der Waals surface area (Å²) in [5, 5.41) is 7.39. The molecule has 21 heavy (non-hydrogen) atoms. The van der Waals surface area contributed by atoms with Crippen LogP contribution in [0.15, 0.2) is 41.0 Å². The highest BCUT2D eigenvalue weighted by atomic mass is 79.9. The van der Waals surface area contributed by atoms with E-state index < -0.39 is 0 Å². The Hall–Kier alpha value is -1.66. The van der Waals surface area contributed by atoms with Crippen LogP contribution in [-0.2, 0) is 6.54 Å². The number of para-hydroxylation sites is 1. The van der Waals surface area contributed by atoms with Crippen molar-refractivity contribution in [3.8, 4) is 0 Å². The lowest BCUT2D eigenvalue weighted by Gasteiger charge is -2.12. The Morgan fingerprint density at radius 2 is 2.05 bits per heavy atom. The molecule has 0 unspecified atom stereocenters. The zero-order valence-electron chi connectivity index (χ0n) is 12.2. The number of nitrogens with one attached hydrogen (secondary N) is 1. The van der Waals surface area contributed by atoms with E-state index in [0.717, 1.165) is 16.7 Å². The second-order valence-corrected chi connectivity index (χ2v) is 5.86. The number of ketones is 1. The molecule has 112 valence electrons. The molecule has 1 aromatic heterocycles. The summed E-state index contributed by atoms with van der Waals surface area (Å²) in [7, 11) is 3.99. The fourth-order valence-corrected chi connectivity index (χ4v) is 2.44. The summed E-state index contributed by atoms with van der Waals surface area (Å²) in [5.74, 6) is 0.0157. The molecule has 0 aliphatic heterocycles. The van der Waals surface area contributed by atoms with Gasteiger partial charge in [0.2, 0.25) is 5.78 Å². The van der Waals surface area contributed by atoms with E-state index in [0.29, 0.717) is 12.2 Å². The minimum Gasteiger partial charge on any atom is -0.378 e. The number of carbonyl (C=O) groups excluding carboxylic acids is 1. The number of Topliss-reactive ketones (excluding diaryl/α,β-unsaturated/α-hetero) is 1. The smallest absolute Gasteiger partial charge is 0.200 e. The van der Waals surface area contributed by atoms with Crippen molar-refractivity contribution in [2.45, 2.75) is 6.54 Å². The SMILES string of the molecule is CN(C)CCn1ncc(Br)c1C(=O)CNc1ccccc1. The van der Waals surface area contributed by atoms with Crippen molar-refractivity contribution >= 4 is 27.4 Å². The first kappa shape index (κ1) is 15.7. The Morgan fingerprint density at radius 3 is 2.71 bits per heavy atom. The maximum Gasteiger partial charge on any atom is 0.200 e. The van der Waals surface area contributed by atoms with Crippen molar-refractivity contribution in [1.82, 2.24) is 14.7 Å². The lowest BCUT2D eigenvalue weighted by atomic mass is 10.2. The van der Waals surface area contributed by atoms with Crippen LogP contribution in [0.4, 0.5) is 5.69 Å². The van der Waals surface area contributed by atoms with Crippen molar-refractivity contribution in [2.75, 3.05) is 32.5 Å². The van der Waals surface area contributed by atoms with Crippen LogP contribution in [0, 0.1) is 0 Å². The number of nitrogens with zero attached hydrogens (tertiary/aromatic N) is 3. The zero-order chi connectivity index (χ0) is 15.2. The Kier molecular flexibility index (Phi) is 5.52. The molecule has 1 heterocycles. The minimum absolute atomic E-state index is 0.0157. The van der Waals surface area contributed by atoms with Gasteiger partial charge in [-0.3, -0.25) is 9.48 Å². The minimum atomic E-state index is 0.0157. The quantitative estimate of drug-likeness (QED) is 0.779. The van der Waals surface area contributed by atoms with Crippen LogP contribution in [-0.4, -0.2) is 47.6 Å². The van der Waals surface area contributed by atoms with E-state index in [-0.39, 0.29) is 12.3 Å². The van der Waals surface area contributed by atoms with E-state index in [9.17, 15) is 4.79 Å². The molecule has 6 heteroatoms. The van der Waals surface area contributed by atoms with Crippen LogP contribution < -0.4 is 5.32 Å². The molecule has 0 aliphatic rings. The summed E-state index contributed by atoms with van der Waals surface area (Å²) in [5.41, 5.74) is 1.54. The molecule has 0 spiro atoms. The maximum atomic E-state index is 12.4. The molecule has 2 rings (SSSR count). The Balaban J connectivity index is 2.03. The third-order valence-corrected chi connectivity index (χ3v) is 3.63. The van der Waals surface area contributed by atoms with Gasteiger partial charge in [0, 0.05) is 12.2 Å². The summed E-state index contributed by atoms with van der Waals surface area (Å²) < 4.78 is 2.49. The maximum absolute atomic E-state index is 12.4. The summed E-state index contributed by atoms with van der Waals surface area (Å²) in [6.07, 6.45) is 1.67. The van der Waals surface area contributed by atoms with Gasteiger partial charge in [0.05, 0.1) is 23.8 Å². The number of carbonyl (C=O) groups is 1. The number of likely N-dealkylation sites (N-methyl/N-ethyl adjacent to an activating group) is 1. The number of hydrogen-bond acceptors (Lipinski definition) is 4. The third kappa shape index (κ3) is 4.41. The van der Waals surface area contributed by atoms with Crippen molar-refractivity contribution in [3.05, 3.63) is 46.7 Å². The van der Waals surface area contributed by atoms with E-state index >= 15 is 0 Å². The summed E-state index contributed by atoms with van der Waals surface area (Å²) in [6.45, 7) is 1.77. The van der Waals surface area contributed by atoms with Crippen LogP contribution in [0.2, 0.25) is 0 Å². The monoisotopic (exact) mass is 350 g/mol. The number of rotatable bonds is 7. The van der Waals surface area contributed by atoms with E-state index in [1.54, 1.807) is 10.9 Å². The van der Waals surface area contributed by atoms with Crippen molar-refractivity contribution in [1.29, 1.82) is 0 Å². The molecule has 0 saturated heterocycles. The molecule has 0 atom stereocenters. The molecule has 0 fully saturated rings. The fourth-order valence-electron chi connectivity index (χ4n) is 1.93. The van der Waals surface area contributed by atoms with Crippen LogP contribution in [0.3, 0.4) is 0 Å². The van der Waals surface area contributed by atoms with Gasteiger partial charge in [-0.2, -0.15) is 5.10 Å². The van der Waals surface area contributed by atoms with Gasteiger partial charge in [-0.25, -0.2) is 0 Å². The number of halogens is 1. The molecule has 2 aromatic rings. The van der Waals surface area contributed by atoms with E-state index in [2.05, 4.69) is 31.2 Å². The Bertz CT molecular complexity index is 595. The zero-order valence-corrected chi connectivity index (χ0v) is 13.8. The standard InChI is InChI=1S/C15H19BrN4O/c1-19(2)8-9-20-15(13(16)10-18-20)14(21)11-17-12-6-4-3-5-7-12/h3-7,10,17H,8-9,11H2,1-2H3. The van der Waals surface area contributed by atoms with Gasteiger partial charge in [0.15, 0.2) is 0 Å². The number of benzene rings is 1. The molecule has 0 aliphatic carbocycles. The summed E-state index contributed by atoms with van der Waals surface area (Å²) >= 11 is 3.41. The lowest BCUT2D eigenvalue weighted by molar-refractivity contribution is 0.0994. The van der Waals surface area contributed by atoms with Gasteiger partial charge in [-0.15, -0.1) is 0 Å². The molecule has 5 nitrogen and oxygen atoms in total. The van der Waals surface area contributed by atoms with Crippen LogP contribution in [0.25, 0.3) is 0 Å². The van der Waals surface area contributed by atoms with Gasteiger partial charge in [-0.05, 0) is 42.2 Å². The average Bonchev–Trinajstić information content (AvgIpc) is 2.85. The largest absolute Gasteiger partial charge is 0.378 e. The van der Waals surface area contributed by atoms with Gasteiger partial charge < -0.3 is 10.2 Å². The second kappa shape index (κ2) is 7.38. The molecule has 0 radical (unpaired) electrons. The van der Waals surface area contributed by atoms with Gasteiger partial charge in [-0.1, -0.05) is 18.2 Å². The van der Waals surface area contributed by atoms with E-state index in [4.69, 9.17) is 0 Å². The number of anilines is 1. The highest BCUT2D eigenvalue weighted by Gasteiger charge is 2.16. The van der Waals surface area contributed by atoms with Gasteiger partial charge >= 0.3 is 0 Å². The molecule has 0 saturated carbocycles. The van der Waals surface area contributed by atoms with E-state index in [1.807, 2.05) is 44.4 Å². The molecular weight excluding hydrogens is 332 g/mol. The lowest BCUT2D eigenvalue weighted by Crippen LogP contribution is -2.23. The first-order chi connectivity index (χ1) is 10.1. The number of hydrogen-bond donors (Lipinski definition) is 1. The summed E-state index contributed by atoms with van der Waals surface area (Å²) in [4.78, 5) is 14.5. The molecule has 0 bridgehead atoms. The predicted molar refractivity (Wildman–Crippen MR) is 87.7 cm³/mol. The third-order valence-electron chi connectivity index (χ3n) is 3.04. The molecular formula is C15H19BrN4O. The molecule has 1 aromatic carbocycles. The Labute approximate surface area is 133 Å². The molecule has 0 amide bonds. The van der Waals surface area contributed by atoms with Crippen LogP contribution in [0.1, 0.15) is 10.5 Å². The van der Waals surface area contributed by atoms with Crippen molar-refractivity contribution < 1.29 is 4.79 Å². The van der Waals surface area contributed by atoms with Crippen molar-refractivity contribution in [3.63, 3.8) is 0 Å². The van der Waals surface area contributed by atoms with Crippen LogP contribution >= 0.6 is 15.9 Å². The topological polar surface area (TPSA) is 50.2 Å². The normalized spacial score (nSPS) is 10.9. The highest BCUT2D eigenvalue weighted by molar-refractivity contribution is 9.10. The van der Waals surface area contributed by atoms with Gasteiger partial charge in [0.1, 0.15) is 5.69 Å². The highest BCUT2D eigenvalue weighted by Crippen LogP contribution is 2.17. The average molecular weight is 351 g/mol. The van der Waals surface area contributed by atoms with Crippen LogP contribution in [0.5, 0.6) is 0 Å². The van der Waals surface area contributed by atoms with Gasteiger partial charge in [0.25, 0.3) is 0 Å². The predicted octanol–water partition coefficient (Wildman–Crippen LogP) is 2.50. The van der Waals surface area contributed by atoms with Crippen molar-refractivity contribution in [2.24, 2.45) is 0 Å². The Morgan fingerprint density at radius 1 is 1.33 bits per heavy atom.